The Kier molecular flexibility index (Phi) is 7.03. The molecule has 2 N–H and O–H groups in total. The van der Waals surface area contributed by atoms with E-state index in [0.717, 1.165) is 37.7 Å². The average Bonchev–Trinajstić information content (AvgIpc) is 3.06. The minimum Gasteiger partial charge on any atom is -0.355 e. The van der Waals surface area contributed by atoms with Gasteiger partial charge < -0.3 is 15.5 Å². The Bertz CT molecular complexity index is 596. The summed E-state index contributed by atoms with van der Waals surface area (Å²) in [6.07, 6.45) is 0. The van der Waals surface area contributed by atoms with E-state index >= 15 is 0 Å². The molecular weight excluding hydrogens is 311 g/mol. The van der Waals surface area contributed by atoms with Crippen LogP contribution in [0.5, 0.6) is 0 Å². The van der Waals surface area contributed by atoms with Crippen molar-refractivity contribution in [2.75, 3.05) is 27.2 Å². The number of rotatable bonds is 7. The molecule has 6 heteroatoms. The summed E-state index contributed by atoms with van der Waals surface area (Å²) < 4.78 is 12.9. The molecule has 124 valence electrons. The summed E-state index contributed by atoms with van der Waals surface area (Å²) >= 11 is 1.73. The van der Waals surface area contributed by atoms with Crippen LogP contribution < -0.4 is 10.6 Å². The van der Waals surface area contributed by atoms with Gasteiger partial charge in [-0.3, -0.25) is 4.99 Å². The molecule has 0 aliphatic carbocycles. The molecule has 4 nitrogen and oxygen atoms in total. The molecule has 0 radical (unpaired) electrons. The summed E-state index contributed by atoms with van der Waals surface area (Å²) in [6, 6.07) is 10.8. The third kappa shape index (κ3) is 6.38. The lowest BCUT2D eigenvalue weighted by Crippen LogP contribution is -2.40. The smallest absolute Gasteiger partial charge is 0.191 e. The maximum Gasteiger partial charge on any atom is 0.191 e. The molecule has 0 aliphatic heterocycles. The number of halogens is 1. The van der Waals surface area contributed by atoms with Gasteiger partial charge in [-0.15, -0.1) is 11.3 Å². The standard InChI is InChI=1S/C17H23FN4S/c1-19-17(21-12-16-4-3-11-23-16)20-9-10-22(2)13-14-5-7-15(18)8-6-14/h3-8,11H,9-10,12-13H2,1-2H3,(H2,19,20,21). The number of hydrogen-bond donors (Lipinski definition) is 2. The number of nitrogens with one attached hydrogen (secondary N) is 2. The summed E-state index contributed by atoms with van der Waals surface area (Å²) in [7, 11) is 3.82. The molecule has 0 amide bonds. The predicted molar refractivity (Wildman–Crippen MR) is 95.3 cm³/mol. The summed E-state index contributed by atoms with van der Waals surface area (Å²) in [5.74, 6) is 0.604. The Balaban J connectivity index is 1.67. The van der Waals surface area contributed by atoms with Crippen LogP contribution in [0.4, 0.5) is 4.39 Å². The molecule has 0 saturated carbocycles. The maximum atomic E-state index is 12.9. The van der Waals surface area contributed by atoms with Gasteiger partial charge in [-0.25, -0.2) is 4.39 Å². The molecule has 0 bridgehead atoms. The van der Waals surface area contributed by atoms with Crippen molar-refractivity contribution in [2.24, 2.45) is 4.99 Å². The second-order valence-electron chi connectivity index (χ2n) is 5.30. The molecule has 0 unspecified atom stereocenters. The summed E-state index contributed by atoms with van der Waals surface area (Å²) in [6.45, 7) is 3.24. The minimum absolute atomic E-state index is 0.196. The molecule has 0 aliphatic rings. The number of hydrogen-bond acceptors (Lipinski definition) is 3. The van der Waals surface area contributed by atoms with Crippen molar-refractivity contribution in [3.05, 3.63) is 58.0 Å². The minimum atomic E-state index is -0.196. The fourth-order valence-electron chi connectivity index (χ4n) is 2.15. The first kappa shape index (κ1) is 17.4. The van der Waals surface area contributed by atoms with Gasteiger partial charge in [0.1, 0.15) is 5.82 Å². The van der Waals surface area contributed by atoms with Crippen LogP contribution in [0.25, 0.3) is 0 Å². The first-order valence-electron chi connectivity index (χ1n) is 7.57. The van der Waals surface area contributed by atoms with Crippen LogP contribution in [0.3, 0.4) is 0 Å². The van der Waals surface area contributed by atoms with Crippen molar-refractivity contribution >= 4 is 17.3 Å². The molecule has 1 heterocycles. The van der Waals surface area contributed by atoms with Gasteiger partial charge in [0, 0.05) is 31.6 Å². The van der Waals surface area contributed by atoms with E-state index in [-0.39, 0.29) is 5.82 Å². The van der Waals surface area contributed by atoms with E-state index < -0.39 is 0 Å². The number of nitrogens with zero attached hydrogens (tertiary/aromatic N) is 2. The van der Waals surface area contributed by atoms with Crippen molar-refractivity contribution in [1.29, 1.82) is 0 Å². The fourth-order valence-corrected chi connectivity index (χ4v) is 2.79. The molecule has 23 heavy (non-hydrogen) atoms. The van der Waals surface area contributed by atoms with Gasteiger partial charge in [0.25, 0.3) is 0 Å². The van der Waals surface area contributed by atoms with Crippen molar-refractivity contribution in [2.45, 2.75) is 13.1 Å². The van der Waals surface area contributed by atoms with Crippen molar-refractivity contribution < 1.29 is 4.39 Å². The van der Waals surface area contributed by atoms with Crippen molar-refractivity contribution in [3.8, 4) is 0 Å². The third-order valence-electron chi connectivity index (χ3n) is 3.39. The molecule has 2 aromatic rings. The van der Waals surface area contributed by atoms with Gasteiger partial charge in [0.2, 0.25) is 0 Å². The van der Waals surface area contributed by atoms with E-state index in [2.05, 4.69) is 32.0 Å². The van der Waals surface area contributed by atoms with Crippen LogP contribution in [0.2, 0.25) is 0 Å². The Morgan fingerprint density at radius 3 is 2.65 bits per heavy atom. The zero-order valence-corrected chi connectivity index (χ0v) is 14.4. The van der Waals surface area contributed by atoms with E-state index in [0.29, 0.717) is 0 Å². The number of likely N-dealkylation sites (N-methyl/N-ethyl adjacent to an activating group) is 1. The van der Waals surface area contributed by atoms with Crippen LogP contribution in [-0.4, -0.2) is 38.0 Å². The van der Waals surface area contributed by atoms with Crippen LogP contribution in [0, 0.1) is 5.82 Å². The lowest BCUT2D eigenvalue weighted by Gasteiger charge is -2.18. The van der Waals surface area contributed by atoms with Gasteiger partial charge in [-0.2, -0.15) is 0 Å². The highest BCUT2D eigenvalue weighted by molar-refractivity contribution is 7.09. The normalized spacial score (nSPS) is 11.7. The van der Waals surface area contributed by atoms with Crippen molar-refractivity contribution in [3.63, 3.8) is 0 Å². The van der Waals surface area contributed by atoms with Gasteiger partial charge in [-0.05, 0) is 36.2 Å². The molecule has 0 spiro atoms. The fraction of sp³-hybridized carbons (Fsp3) is 0.353. The Morgan fingerprint density at radius 1 is 1.22 bits per heavy atom. The van der Waals surface area contributed by atoms with Gasteiger partial charge >= 0.3 is 0 Å². The highest BCUT2D eigenvalue weighted by Crippen LogP contribution is 2.07. The van der Waals surface area contributed by atoms with Crippen LogP contribution in [0.1, 0.15) is 10.4 Å². The first-order valence-corrected chi connectivity index (χ1v) is 8.45. The van der Waals surface area contributed by atoms with E-state index in [1.165, 1.54) is 17.0 Å². The lowest BCUT2D eigenvalue weighted by atomic mass is 10.2. The molecule has 0 saturated heterocycles. The predicted octanol–water partition coefficient (Wildman–Crippen LogP) is 2.68. The largest absolute Gasteiger partial charge is 0.355 e. The molecule has 2 rings (SSSR count). The zero-order chi connectivity index (χ0) is 16.5. The number of thiophene rings is 1. The second kappa shape index (κ2) is 9.27. The van der Waals surface area contributed by atoms with E-state index in [1.54, 1.807) is 18.4 Å². The van der Waals surface area contributed by atoms with Gasteiger partial charge in [-0.1, -0.05) is 18.2 Å². The number of guanidine groups is 1. The molecule has 1 aromatic carbocycles. The van der Waals surface area contributed by atoms with E-state index in [4.69, 9.17) is 0 Å². The van der Waals surface area contributed by atoms with Crippen molar-refractivity contribution in [1.82, 2.24) is 15.5 Å². The Labute approximate surface area is 141 Å². The highest BCUT2D eigenvalue weighted by Gasteiger charge is 2.02. The Morgan fingerprint density at radius 2 is 2.00 bits per heavy atom. The van der Waals surface area contributed by atoms with E-state index in [1.807, 2.05) is 25.2 Å². The maximum absolute atomic E-state index is 12.9. The average molecular weight is 334 g/mol. The summed E-state index contributed by atoms with van der Waals surface area (Å²) in [5, 5.41) is 8.66. The monoisotopic (exact) mass is 334 g/mol. The SMILES string of the molecule is CN=C(NCCN(C)Cc1ccc(F)cc1)NCc1cccs1. The zero-order valence-electron chi connectivity index (χ0n) is 13.6. The summed E-state index contributed by atoms with van der Waals surface area (Å²) in [4.78, 5) is 7.68. The second-order valence-corrected chi connectivity index (χ2v) is 6.33. The van der Waals surface area contributed by atoms with Gasteiger partial charge in [0.15, 0.2) is 5.96 Å². The summed E-state index contributed by atoms with van der Waals surface area (Å²) in [5.41, 5.74) is 1.11. The number of benzene rings is 1. The topological polar surface area (TPSA) is 39.7 Å². The number of aliphatic imine (C=N–C) groups is 1. The lowest BCUT2D eigenvalue weighted by molar-refractivity contribution is 0.331. The third-order valence-corrected chi connectivity index (χ3v) is 4.26. The molecule has 0 fully saturated rings. The molecular formula is C17H23FN4S. The molecule has 1 aromatic heterocycles. The highest BCUT2D eigenvalue weighted by atomic mass is 32.1. The Hall–Kier alpha value is -1.92. The molecule has 0 atom stereocenters. The first-order chi connectivity index (χ1) is 11.2. The quantitative estimate of drug-likeness (QED) is 0.604. The van der Waals surface area contributed by atoms with Crippen LogP contribution in [0.15, 0.2) is 46.8 Å². The van der Waals surface area contributed by atoms with Crippen LogP contribution in [-0.2, 0) is 13.1 Å². The van der Waals surface area contributed by atoms with Gasteiger partial charge in [0.05, 0.1) is 6.54 Å². The van der Waals surface area contributed by atoms with Crippen LogP contribution >= 0.6 is 11.3 Å². The van der Waals surface area contributed by atoms with E-state index in [9.17, 15) is 4.39 Å².